The fourth-order valence-electron chi connectivity index (χ4n) is 5.51. The van der Waals surface area contributed by atoms with Crippen LogP contribution in [-0.2, 0) is 13.0 Å². The normalized spacial score (nSPS) is 17.7. The lowest BCUT2D eigenvalue weighted by molar-refractivity contribution is 0.0590. The Morgan fingerprint density at radius 1 is 0.973 bits per heavy atom. The van der Waals surface area contributed by atoms with Crippen molar-refractivity contribution in [1.29, 1.82) is 0 Å². The number of benzene rings is 3. The van der Waals surface area contributed by atoms with Crippen molar-refractivity contribution in [2.24, 2.45) is 5.92 Å². The number of rotatable bonds is 7. The first-order valence-electron chi connectivity index (χ1n) is 13.3. The van der Waals surface area contributed by atoms with Crippen LogP contribution in [0.1, 0.15) is 66.8 Å². The smallest absolute Gasteiger partial charge is 0.266 e. The molecule has 0 aliphatic heterocycles. The molecule has 0 saturated heterocycles. The summed E-state index contributed by atoms with van der Waals surface area (Å²) in [6, 6.07) is 21.6. The Morgan fingerprint density at radius 3 is 2.35 bits per heavy atom. The Hall–Kier alpha value is -2.69. The minimum atomic E-state index is -0.281. The molecule has 1 aliphatic rings. The van der Waals surface area contributed by atoms with Crippen LogP contribution >= 0.6 is 22.9 Å². The number of amides is 1. The Bertz CT molecular complexity index is 1390. The number of carbonyl (C=O) groups excluding carboxylic acids is 1. The van der Waals surface area contributed by atoms with E-state index in [1.807, 2.05) is 41.3 Å². The van der Waals surface area contributed by atoms with E-state index >= 15 is 4.39 Å². The quantitative estimate of drug-likeness (QED) is 0.231. The molecule has 1 amide bonds. The molecule has 0 unspecified atom stereocenters. The second-order valence-corrected chi connectivity index (χ2v) is 11.5. The molecule has 37 heavy (non-hydrogen) atoms. The molecule has 1 saturated carbocycles. The van der Waals surface area contributed by atoms with Gasteiger partial charge in [-0.1, -0.05) is 80.4 Å². The van der Waals surface area contributed by atoms with Gasteiger partial charge in [-0.3, -0.25) is 4.79 Å². The molecule has 3 aromatic carbocycles. The van der Waals surface area contributed by atoms with Crippen LogP contribution in [0.4, 0.5) is 4.39 Å². The third kappa shape index (κ3) is 5.46. The summed E-state index contributed by atoms with van der Waals surface area (Å²) in [7, 11) is 0. The second-order valence-electron chi connectivity index (χ2n) is 10.1. The summed E-state index contributed by atoms with van der Waals surface area (Å²) in [6.45, 7) is 4.60. The van der Waals surface area contributed by atoms with Crippen LogP contribution in [0.15, 0.2) is 66.7 Å². The lowest BCUT2D eigenvalue weighted by Gasteiger charge is -2.37. The average Bonchev–Trinajstić information content (AvgIpc) is 3.29. The van der Waals surface area contributed by atoms with Crippen LogP contribution in [0.25, 0.3) is 21.2 Å². The minimum Gasteiger partial charge on any atom is -0.330 e. The number of nitrogens with zero attached hydrogens (tertiary/aromatic N) is 1. The SMILES string of the molecule is CCc1ccc(-c2ccc(F)c(CN(C(=O)c3sc4ccccc4c3Cl)C3CCC(CC)CC3)c2)cc1. The number of fused-ring (bicyclic) bond motifs is 1. The molecule has 192 valence electrons. The third-order valence-corrected chi connectivity index (χ3v) is 9.57. The average molecular weight is 534 g/mol. The summed E-state index contributed by atoms with van der Waals surface area (Å²) in [5.74, 6) is 0.326. The molecule has 0 bridgehead atoms. The van der Waals surface area contributed by atoms with E-state index in [-0.39, 0.29) is 24.3 Å². The number of thiophene rings is 1. The Labute approximate surface area is 228 Å². The van der Waals surface area contributed by atoms with E-state index in [1.165, 1.54) is 23.0 Å². The predicted octanol–water partition coefficient (Wildman–Crippen LogP) is 9.53. The highest BCUT2D eigenvalue weighted by atomic mass is 35.5. The van der Waals surface area contributed by atoms with Gasteiger partial charge in [0.25, 0.3) is 5.91 Å². The number of aryl methyl sites for hydroxylation is 1. The van der Waals surface area contributed by atoms with Gasteiger partial charge in [0, 0.05) is 28.2 Å². The number of halogens is 2. The maximum absolute atomic E-state index is 15.2. The highest BCUT2D eigenvalue weighted by Crippen LogP contribution is 2.38. The predicted molar refractivity (Wildman–Crippen MR) is 154 cm³/mol. The van der Waals surface area contributed by atoms with Crippen molar-refractivity contribution in [3.8, 4) is 11.1 Å². The molecule has 2 nitrogen and oxygen atoms in total. The van der Waals surface area contributed by atoms with Crippen molar-refractivity contribution >= 4 is 38.9 Å². The monoisotopic (exact) mass is 533 g/mol. The molecular weight excluding hydrogens is 501 g/mol. The Morgan fingerprint density at radius 2 is 1.68 bits per heavy atom. The van der Waals surface area contributed by atoms with Crippen LogP contribution < -0.4 is 0 Å². The molecule has 0 radical (unpaired) electrons. The zero-order valence-electron chi connectivity index (χ0n) is 21.5. The van der Waals surface area contributed by atoms with E-state index < -0.39 is 0 Å². The fraction of sp³-hybridized carbons (Fsp3) is 0.344. The van der Waals surface area contributed by atoms with Gasteiger partial charge >= 0.3 is 0 Å². The van der Waals surface area contributed by atoms with E-state index in [9.17, 15) is 4.79 Å². The van der Waals surface area contributed by atoms with Crippen molar-refractivity contribution < 1.29 is 9.18 Å². The molecule has 0 atom stereocenters. The lowest BCUT2D eigenvalue weighted by Crippen LogP contribution is -2.42. The standard InChI is InChI=1S/C32H33ClFNOS/c1-3-21-9-13-23(14-10-21)24-15-18-28(34)25(19-24)20-35(26-16-11-22(4-2)12-17-26)32(36)31-30(33)27-7-5-6-8-29(27)37-31/h5-10,13-15,18-19,22,26H,3-4,11-12,16-17,20H2,1-2H3. The van der Waals surface area contributed by atoms with Crippen LogP contribution in [0.5, 0.6) is 0 Å². The minimum absolute atomic E-state index is 0.0727. The maximum atomic E-state index is 15.2. The van der Waals surface area contributed by atoms with E-state index in [1.54, 1.807) is 0 Å². The second kappa shape index (κ2) is 11.4. The molecule has 4 aromatic rings. The highest BCUT2D eigenvalue weighted by molar-refractivity contribution is 7.21. The summed E-state index contributed by atoms with van der Waals surface area (Å²) < 4.78 is 16.2. The molecule has 5 heteroatoms. The van der Waals surface area contributed by atoms with Gasteiger partial charge in [0.2, 0.25) is 0 Å². The van der Waals surface area contributed by atoms with Crippen LogP contribution in [-0.4, -0.2) is 16.8 Å². The fourth-order valence-corrected chi connectivity index (χ4v) is 6.97. The highest BCUT2D eigenvalue weighted by Gasteiger charge is 2.32. The van der Waals surface area contributed by atoms with Crippen molar-refractivity contribution in [2.75, 3.05) is 0 Å². The molecule has 1 heterocycles. The van der Waals surface area contributed by atoms with Gasteiger partial charge in [-0.2, -0.15) is 0 Å². The summed E-state index contributed by atoms with van der Waals surface area (Å²) in [6.07, 6.45) is 6.21. The summed E-state index contributed by atoms with van der Waals surface area (Å²) in [5, 5.41) is 1.40. The van der Waals surface area contributed by atoms with Crippen LogP contribution in [0.2, 0.25) is 5.02 Å². The Kier molecular flexibility index (Phi) is 7.97. The van der Waals surface area contributed by atoms with Gasteiger partial charge in [0.15, 0.2) is 0 Å². The van der Waals surface area contributed by atoms with E-state index in [0.717, 1.165) is 59.7 Å². The zero-order valence-corrected chi connectivity index (χ0v) is 23.0. The first kappa shape index (κ1) is 25.9. The number of hydrogen-bond donors (Lipinski definition) is 0. The molecule has 1 fully saturated rings. The van der Waals surface area contributed by atoms with Crippen molar-refractivity contribution in [1.82, 2.24) is 4.90 Å². The largest absolute Gasteiger partial charge is 0.330 e. The van der Waals surface area contributed by atoms with Crippen molar-refractivity contribution in [3.63, 3.8) is 0 Å². The van der Waals surface area contributed by atoms with E-state index in [4.69, 9.17) is 11.6 Å². The van der Waals surface area contributed by atoms with Crippen molar-refractivity contribution in [3.05, 3.63) is 93.6 Å². The molecule has 5 rings (SSSR count). The van der Waals surface area contributed by atoms with Gasteiger partial charge in [-0.15, -0.1) is 11.3 Å². The van der Waals surface area contributed by atoms with Gasteiger partial charge in [-0.25, -0.2) is 4.39 Å². The first-order chi connectivity index (χ1) is 18.0. The van der Waals surface area contributed by atoms with Gasteiger partial charge in [0.05, 0.1) is 5.02 Å². The maximum Gasteiger partial charge on any atom is 0.266 e. The first-order valence-corrected chi connectivity index (χ1v) is 14.5. The Balaban J connectivity index is 1.49. The van der Waals surface area contributed by atoms with Crippen LogP contribution in [0.3, 0.4) is 0 Å². The summed E-state index contributed by atoms with van der Waals surface area (Å²) in [5.41, 5.74) is 3.82. The third-order valence-electron chi connectivity index (χ3n) is 7.91. The summed E-state index contributed by atoms with van der Waals surface area (Å²) >= 11 is 8.16. The summed E-state index contributed by atoms with van der Waals surface area (Å²) in [4.78, 5) is 16.5. The zero-order chi connectivity index (χ0) is 25.9. The molecule has 1 aliphatic carbocycles. The number of hydrogen-bond acceptors (Lipinski definition) is 2. The molecule has 1 aromatic heterocycles. The molecular formula is C32H33ClFNOS. The van der Waals surface area contributed by atoms with Gasteiger partial charge in [-0.05, 0) is 72.9 Å². The van der Waals surface area contributed by atoms with Gasteiger partial charge < -0.3 is 4.90 Å². The topological polar surface area (TPSA) is 20.3 Å². The lowest BCUT2D eigenvalue weighted by atomic mass is 9.83. The number of carbonyl (C=O) groups is 1. The molecule has 0 spiro atoms. The van der Waals surface area contributed by atoms with E-state index in [2.05, 4.69) is 38.1 Å². The van der Waals surface area contributed by atoms with Crippen molar-refractivity contribution in [2.45, 2.75) is 65.0 Å². The van der Waals surface area contributed by atoms with Crippen LogP contribution in [0, 0.1) is 11.7 Å². The van der Waals surface area contributed by atoms with Gasteiger partial charge in [0.1, 0.15) is 10.7 Å². The molecule has 0 N–H and O–H groups in total. The van der Waals surface area contributed by atoms with E-state index in [0.29, 0.717) is 21.4 Å².